The summed E-state index contributed by atoms with van der Waals surface area (Å²) in [5.74, 6) is 0.103. The Morgan fingerprint density at radius 3 is 2.95 bits per heavy atom. The van der Waals surface area contributed by atoms with Gasteiger partial charge in [-0.15, -0.1) is 11.3 Å². The van der Waals surface area contributed by atoms with E-state index in [0.717, 1.165) is 18.5 Å². The number of carbonyl (C=O) groups excluding carboxylic acids is 1. The highest BCUT2D eigenvalue weighted by Gasteiger charge is 2.11. The van der Waals surface area contributed by atoms with E-state index >= 15 is 0 Å². The van der Waals surface area contributed by atoms with E-state index in [4.69, 9.17) is 0 Å². The van der Waals surface area contributed by atoms with E-state index in [9.17, 15) is 4.79 Å². The largest absolute Gasteiger partial charge is 0.326 e. The lowest BCUT2D eigenvalue weighted by molar-refractivity contribution is -0.116. The summed E-state index contributed by atoms with van der Waals surface area (Å²) in [6.07, 6.45) is 4.95. The summed E-state index contributed by atoms with van der Waals surface area (Å²) in [5.41, 5.74) is 3.78. The maximum atomic E-state index is 11.9. The summed E-state index contributed by atoms with van der Waals surface area (Å²) in [5, 5.41) is 5.05. The van der Waals surface area contributed by atoms with E-state index in [1.807, 2.05) is 17.5 Å². The molecule has 0 bridgehead atoms. The van der Waals surface area contributed by atoms with Gasteiger partial charge in [0, 0.05) is 17.0 Å². The molecule has 98 valence electrons. The normalized spacial score (nSPS) is 13.3. The molecule has 1 aliphatic rings. The lowest BCUT2D eigenvalue weighted by atomic mass is 10.1. The lowest BCUT2D eigenvalue weighted by Gasteiger charge is -2.07. The maximum absolute atomic E-state index is 11.9. The van der Waals surface area contributed by atoms with E-state index in [1.54, 1.807) is 11.3 Å². The Hall–Kier alpha value is -1.61. The van der Waals surface area contributed by atoms with Crippen molar-refractivity contribution < 1.29 is 4.79 Å². The molecule has 0 atom stereocenters. The molecular formula is C16H17NOS. The maximum Gasteiger partial charge on any atom is 0.224 e. The molecule has 3 heteroatoms. The molecule has 0 fully saturated rings. The number of carbonyl (C=O) groups is 1. The van der Waals surface area contributed by atoms with Crippen LogP contribution in [0.2, 0.25) is 0 Å². The number of anilines is 1. The fourth-order valence-electron chi connectivity index (χ4n) is 2.56. The van der Waals surface area contributed by atoms with Crippen LogP contribution in [0.4, 0.5) is 5.69 Å². The predicted molar refractivity (Wildman–Crippen MR) is 79.7 cm³/mol. The van der Waals surface area contributed by atoms with Crippen molar-refractivity contribution in [1.82, 2.24) is 0 Å². The first-order valence-electron chi connectivity index (χ1n) is 6.75. The summed E-state index contributed by atoms with van der Waals surface area (Å²) >= 11 is 1.71. The summed E-state index contributed by atoms with van der Waals surface area (Å²) < 4.78 is 0. The molecule has 1 heterocycles. The van der Waals surface area contributed by atoms with Crippen molar-refractivity contribution in [2.24, 2.45) is 0 Å². The van der Waals surface area contributed by atoms with Crippen molar-refractivity contribution in [3.63, 3.8) is 0 Å². The van der Waals surface area contributed by atoms with Gasteiger partial charge in [0.1, 0.15) is 0 Å². The van der Waals surface area contributed by atoms with Crippen LogP contribution in [0.25, 0.3) is 0 Å². The Labute approximate surface area is 117 Å². The highest BCUT2D eigenvalue weighted by Crippen LogP contribution is 2.25. The first-order valence-corrected chi connectivity index (χ1v) is 7.63. The van der Waals surface area contributed by atoms with Gasteiger partial charge < -0.3 is 5.32 Å². The lowest BCUT2D eigenvalue weighted by Crippen LogP contribution is -2.12. The summed E-state index contributed by atoms with van der Waals surface area (Å²) in [4.78, 5) is 13.2. The van der Waals surface area contributed by atoms with Crippen molar-refractivity contribution in [2.75, 3.05) is 5.32 Å². The van der Waals surface area contributed by atoms with Gasteiger partial charge in [0.25, 0.3) is 0 Å². The minimum atomic E-state index is 0.103. The van der Waals surface area contributed by atoms with Gasteiger partial charge in [-0.2, -0.15) is 0 Å². The number of thiophene rings is 1. The number of fused-ring (bicyclic) bond motifs is 1. The third kappa shape index (κ3) is 3.04. The smallest absolute Gasteiger partial charge is 0.224 e. The number of hydrogen-bond donors (Lipinski definition) is 1. The Morgan fingerprint density at radius 2 is 2.11 bits per heavy atom. The Kier molecular flexibility index (Phi) is 3.65. The number of nitrogens with one attached hydrogen (secondary N) is 1. The second-order valence-corrected chi connectivity index (χ2v) is 6.00. The number of hydrogen-bond acceptors (Lipinski definition) is 2. The van der Waals surface area contributed by atoms with Crippen LogP contribution < -0.4 is 5.32 Å². The Bertz CT molecular complexity index is 574. The van der Waals surface area contributed by atoms with Crippen LogP contribution in [0, 0.1) is 0 Å². The zero-order valence-electron chi connectivity index (χ0n) is 10.8. The van der Waals surface area contributed by atoms with E-state index in [0.29, 0.717) is 6.42 Å². The Morgan fingerprint density at radius 1 is 1.21 bits per heavy atom. The van der Waals surface area contributed by atoms with E-state index in [2.05, 4.69) is 23.5 Å². The first kappa shape index (κ1) is 12.4. The molecule has 1 amide bonds. The quantitative estimate of drug-likeness (QED) is 0.900. The van der Waals surface area contributed by atoms with Crippen molar-refractivity contribution in [3.05, 3.63) is 51.7 Å². The fraction of sp³-hybridized carbons (Fsp3) is 0.312. The molecule has 3 rings (SSSR count). The van der Waals surface area contributed by atoms with Gasteiger partial charge in [0.15, 0.2) is 0 Å². The van der Waals surface area contributed by atoms with Crippen LogP contribution >= 0.6 is 11.3 Å². The van der Waals surface area contributed by atoms with E-state index in [1.165, 1.54) is 28.8 Å². The Balaban J connectivity index is 1.57. The molecule has 1 aromatic carbocycles. The highest BCUT2D eigenvalue weighted by molar-refractivity contribution is 7.09. The first-order chi connectivity index (χ1) is 9.31. The topological polar surface area (TPSA) is 29.1 Å². The van der Waals surface area contributed by atoms with Crippen LogP contribution in [0.3, 0.4) is 0 Å². The molecule has 0 spiro atoms. The van der Waals surface area contributed by atoms with Crippen LogP contribution in [-0.2, 0) is 24.1 Å². The monoisotopic (exact) mass is 271 g/mol. The van der Waals surface area contributed by atoms with Crippen LogP contribution in [0.1, 0.15) is 28.8 Å². The average molecular weight is 271 g/mol. The summed E-state index contributed by atoms with van der Waals surface area (Å²) in [7, 11) is 0. The highest BCUT2D eigenvalue weighted by atomic mass is 32.1. The number of amides is 1. The molecule has 0 saturated heterocycles. The zero-order valence-corrected chi connectivity index (χ0v) is 11.6. The molecule has 0 saturated carbocycles. The molecule has 2 aromatic rings. The number of benzene rings is 1. The summed E-state index contributed by atoms with van der Waals surface area (Å²) in [6.45, 7) is 0. The van der Waals surface area contributed by atoms with Gasteiger partial charge in [-0.1, -0.05) is 12.1 Å². The van der Waals surface area contributed by atoms with Gasteiger partial charge in [0.2, 0.25) is 5.91 Å². The van der Waals surface area contributed by atoms with Gasteiger partial charge in [-0.25, -0.2) is 0 Å². The van der Waals surface area contributed by atoms with Gasteiger partial charge in [-0.3, -0.25) is 4.79 Å². The van der Waals surface area contributed by atoms with Crippen molar-refractivity contribution in [3.8, 4) is 0 Å². The second kappa shape index (κ2) is 5.57. The second-order valence-electron chi connectivity index (χ2n) is 4.96. The van der Waals surface area contributed by atoms with Crippen LogP contribution in [0.15, 0.2) is 35.7 Å². The third-order valence-electron chi connectivity index (χ3n) is 3.56. The molecule has 19 heavy (non-hydrogen) atoms. The van der Waals surface area contributed by atoms with Crippen molar-refractivity contribution >= 4 is 22.9 Å². The average Bonchev–Trinajstić information content (AvgIpc) is 3.07. The summed E-state index contributed by atoms with van der Waals surface area (Å²) in [6, 6.07) is 10.4. The molecule has 1 aromatic heterocycles. The van der Waals surface area contributed by atoms with E-state index < -0.39 is 0 Å². The standard InChI is InChI=1S/C16H17NOS/c18-16(9-8-15-5-2-10-19-15)17-14-7-6-12-3-1-4-13(12)11-14/h2,5-7,10-11H,1,3-4,8-9H2,(H,17,18). The number of aryl methyl sites for hydroxylation is 3. The van der Waals surface area contributed by atoms with Crippen molar-refractivity contribution in [1.29, 1.82) is 0 Å². The van der Waals surface area contributed by atoms with Crippen LogP contribution in [0.5, 0.6) is 0 Å². The molecule has 1 aliphatic carbocycles. The molecule has 0 radical (unpaired) electrons. The fourth-order valence-corrected chi connectivity index (χ4v) is 3.27. The molecular weight excluding hydrogens is 254 g/mol. The predicted octanol–water partition coefficient (Wildman–Crippen LogP) is 3.81. The molecule has 2 nitrogen and oxygen atoms in total. The van der Waals surface area contributed by atoms with Crippen LogP contribution in [-0.4, -0.2) is 5.91 Å². The van der Waals surface area contributed by atoms with Crippen molar-refractivity contribution in [2.45, 2.75) is 32.1 Å². The zero-order chi connectivity index (χ0) is 13.1. The molecule has 0 unspecified atom stereocenters. The van der Waals surface area contributed by atoms with E-state index in [-0.39, 0.29) is 5.91 Å². The third-order valence-corrected chi connectivity index (χ3v) is 4.50. The van der Waals surface area contributed by atoms with Gasteiger partial charge in [0.05, 0.1) is 0 Å². The van der Waals surface area contributed by atoms with Gasteiger partial charge >= 0.3 is 0 Å². The number of rotatable bonds is 4. The SMILES string of the molecule is O=C(CCc1cccs1)Nc1ccc2c(c1)CCC2. The molecule has 1 N–H and O–H groups in total. The van der Waals surface area contributed by atoms with Gasteiger partial charge in [-0.05, 0) is 60.4 Å². The molecule has 0 aliphatic heterocycles. The minimum absolute atomic E-state index is 0.103. The minimum Gasteiger partial charge on any atom is -0.326 e.